The lowest BCUT2D eigenvalue weighted by Crippen LogP contribution is -2.29. The summed E-state index contributed by atoms with van der Waals surface area (Å²) in [4.78, 5) is 34.2. The van der Waals surface area contributed by atoms with Crippen LogP contribution < -0.4 is 10.2 Å². The topological polar surface area (TPSA) is 61.8 Å². The minimum atomic E-state index is -0.156. The summed E-state index contributed by atoms with van der Waals surface area (Å²) in [5, 5.41) is 3.65. The van der Waals surface area contributed by atoms with E-state index in [2.05, 4.69) is 5.32 Å². The maximum atomic E-state index is 13.3. The van der Waals surface area contributed by atoms with E-state index < -0.39 is 0 Å². The van der Waals surface area contributed by atoms with Crippen LogP contribution in [0.25, 0.3) is 0 Å². The first-order chi connectivity index (χ1) is 15.2. The van der Waals surface area contributed by atoms with Gasteiger partial charge in [0.05, 0.1) is 11.3 Å². The second kappa shape index (κ2) is 8.12. The number of carbonyl (C=O) groups is 2. The number of carbonyl (C=O) groups excluding carboxylic acids is 2. The largest absolute Gasteiger partial charge is 0.322 e. The number of amides is 2. The average molecular weight is 430 g/mol. The zero-order chi connectivity index (χ0) is 21.4. The van der Waals surface area contributed by atoms with Gasteiger partial charge in [0.2, 0.25) is 0 Å². The minimum Gasteiger partial charge on any atom is -0.322 e. The molecular weight excluding hydrogens is 406 g/mol. The van der Waals surface area contributed by atoms with Crippen LogP contribution in [0.15, 0.2) is 59.6 Å². The molecule has 5 nitrogen and oxygen atoms in total. The summed E-state index contributed by atoms with van der Waals surface area (Å²) in [6, 6.07) is 17.2. The quantitative estimate of drug-likeness (QED) is 0.606. The van der Waals surface area contributed by atoms with E-state index in [1.807, 2.05) is 61.5 Å². The lowest BCUT2D eigenvalue weighted by atomic mass is 9.95. The molecule has 3 aromatic rings. The van der Waals surface area contributed by atoms with Gasteiger partial charge in [0.1, 0.15) is 10.7 Å². The first-order valence-electron chi connectivity index (χ1n) is 10.7. The molecule has 6 heteroatoms. The average Bonchev–Trinajstić information content (AvgIpc) is 3.29. The zero-order valence-corrected chi connectivity index (χ0v) is 18.2. The summed E-state index contributed by atoms with van der Waals surface area (Å²) < 4.78 is 0. The molecule has 0 atom stereocenters. The summed E-state index contributed by atoms with van der Waals surface area (Å²) in [7, 11) is 0. The molecule has 2 heterocycles. The van der Waals surface area contributed by atoms with E-state index in [0.717, 1.165) is 48.2 Å². The molecule has 0 saturated heterocycles. The van der Waals surface area contributed by atoms with Gasteiger partial charge < -0.3 is 10.2 Å². The second-order valence-electron chi connectivity index (χ2n) is 7.74. The van der Waals surface area contributed by atoms with E-state index in [1.54, 1.807) is 16.2 Å². The van der Waals surface area contributed by atoms with Crippen molar-refractivity contribution in [2.75, 3.05) is 16.8 Å². The Morgan fingerprint density at radius 2 is 1.81 bits per heavy atom. The number of likely N-dealkylation sites (N-methyl/N-ethyl adjacent to an activating group) is 1. The van der Waals surface area contributed by atoms with Crippen molar-refractivity contribution in [2.24, 2.45) is 4.99 Å². The molecule has 5 rings (SSSR count). The summed E-state index contributed by atoms with van der Waals surface area (Å²) in [5.74, 6) is -0.263. The number of aliphatic imine (C=N–C) groups is 1. The fourth-order valence-electron chi connectivity index (χ4n) is 4.36. The van der Waals surface area contributed by atoms with Crippen LogP contribution in [-0.4, -0.2) is 24.1 Å². The Morgan fingerprint density at radius 3 is 2.61 bits per heavy atom. The normalized spacial score (nSPS) is 16.4. The molecule has 0 spiro atoms. The molecule has 1 N–H and O–H groups in total. The molecule has 1 aliphatic carbocycles. The van der Waals surface area contributed by atoms with Gasteiger partial charge in [-0.15, -0.1) is 11.3 Å². The zero-order valence-electron chi connectivity index (χ0n) is 17.4. The number of anilines is 2. The highest BCUT2D eigenvalue weighted by atomic mass is 32.1. The lowest BCUT2D eigenvalue weighted by Gasteiger charge is -2.13. The molecule has 0 saturated carbocycles. The predicted octanol–water partition coefficient (Wildman–Crippen LogP) is 5.37. The number of fused-ring (bicyclic) bond motifs is 2. The van der Waals surface area contributed by atoms with Gasteiger partial charge in [-0.2, -0.15) is 0 Å². The standard InChI is InChI=1S/C25H23N3O2S/c1-2-28-19-14-8-6-12-17(19)22(25(28)30)27-24-21(18-13-7-9-15-20(18)31-24)23(29)26-16-10-4-3-5-11-16/h3-6,8,10-12,14H,2,7,9,13,15H2,1H3,(H,26,29). The van der Waals surface area contributed by atoms with E-state index in [0.29, 0.717) is 22.8 Å². The van der Waals surface area contributed by atoms with E-state index >= 15 is 0 Å². The third kappa shape index (κ3) is 3.47. The summed E-state index contributed by atoms with van der Waals surface area (Å²) in [5.41, 5.74) is 4.60. The van der Waals surface area contributed by atoms with Crippen LogP contribution in [0.5, 0.6) is 0 Å². The number of benzene rings is 2. The Bertz CT molecular complexity index is 1200. The molecule has 2 amide bonds. The van der Waals surface area contributed by atoms with Gasteiger partial charge in [-0.3, -0.25) is 9.59 Å². The van der Waals surface area contributed by atoms with Crippen molar-refractivity contribution in [2.45, 2.75) is 32.6 Å². The van der Waals surface area contributed by atoms with Gasteiger partial charge in [0.25, 0.3) is 11.8 Å². The van der Waals surface area contributed by atoms with Crippen molar-refractivity contribution in [3.05, 3.63) is 76.2 Å². The summed E-state index contributed by atoms with van der Waals surface area (Å²) in [6.45, 7) is 2.54. The van der Waals surface area contributed by atoms with Crippen molar-refractivity contribution >= 4 is 45.2 Å². The number of nitrogens with one attached hydrogen (secondary N) is 1. The molecule has 2 aromatic carbocycles. The monoisotopic (exact) mass is 429 g/mol. The number of nitrogens with zero attached hydrogens (tertiary/aromatic N) is 2. The number of para-hydroxylation sites is 2. The second-order valence-corrected chi connectivity index (χ2v) is 8.82. The number of aryl methyl sites for hydroxylation is 1. The van der Waals surface area contributed by atoms with Crippen molar-refractivity contribution in [1.29, 1.82) is 0 Å². The molecule has 1 aliphatic heterocycles. The van der Waals surface area contributed by atoms with Crippen LogP contribution in [0.3, 0.4) is 0 Å². The van der Waals surface area contributed by atoms with E-state index in [-0.39, 0.29) is 11.8 Å². The number of hydrogen-bond donors (Lipinski definition) is 1. The highest BCUT2D eigenvalue weighted by Gasteiger charge is 2.34. The highest BCUT2D eigenvalue weighted by molar-refractivity contribution is 7.16. The molecule has 2 aliphatic rings. The van der Waals surface area contributed by atoms with E-state index in [4.69, 9.17) is 4.99 Å². The lowest BCUT2D eigenvalue weighted by molar-refractivity contribution is -0.112. The van der Waals surface area contributed by atoms with E-state index in [9.17, 15) is 9.59 Å². The van der Waals surface area contributed by atoms with Crippen LogP contribution in [-0.2, 0) is 17.6 Å². The van der Waals surface area contributed by atoms with Gasteiger partial charge >= 0.3 is 0 Å². The molecule has 156 valence electrons. The van der Waals surface area contributed by atoms with Crippen LogP contribution in [0.2, 0.25) is 0 Å². The summed E-state index contributed by atoms with van der Waals surface area (Å²) >= 11 is 1.55. The maximum absolute atomic E-state index is 13.3. The van der Waals surface area contributed by atoms with Gasteiger partial charge in [-0.05, 0) is 56.4 Å². The number of thiophene rings is 1. The Kier molecular flexibility index (Phi) is 5.16. The molecule has 0 fully saturated rings. The SMILES string of the molecule is CCN1C(=O)C(=Nc2sc3c(c2C(=O)Nc2ccccc2)CCCC3)c2ccccc21. The Hall–Kier alpha value is -3.25. The van der Waals surface area contributed by atoms with Gasteiger partial charge in [0, 0.05) is 22.7 Å². The van der Waals surface area contributed by atoms with Crippen LogP contribution >= 0.6 is 11.3 Å². The summed E-state index contributed by atoms with van der Waals surface area (Å²) in [6.07, 6.45) is 4.02. The fourth-order valence-corrected chi connectivity index (χ4v) is 5.63. The van der Waals surface area contributed by atoms with E-state index in [1.165, 1.54) is 4.88 Å². The number of hydrogen-bond acceptors (Lipinski definition) is 4. The third-order valence-electron chi connectivity index (χ3n) is 5.84. The van der Waals surface area contributed by atoms with Crippen molar-refractivity contribution in [3.8, 4) is 0 Å². The predicted molar refractivity (Wildman–Crippen MR) is 126 cm³/mol. The van der Waals surface area contributed by atoms with Crippen LogP contribution in [0.4, 0.5) is 16.4 Å². The van der Waals surface area contributed by atoms with Crippen molar-refractivity contribution in [1.82, 2.24) is 0 Å². The molecule has 0 radical (unpaired) electrons. The van der Waals surface area contributed by atoms with Crippen LogP contribution in [0, 0.1) is 0 Å². The third-order valence-corrected chi connectivity index (χ3v) is 7.02. The molecule has 31 heavy (non-hydrogen) atoms. The fraction of sp³-hybridized carbons (Fsp3) is 0.240. The van der Waals surface area contributed by atoms with Gasteiger partial charge in [-0.25, -0.2) is 4.99 Å². The van der Waals surface area contributed by atoms with Gasteiger partial charge in [-0.1, -0.05) is 36.4 Å². The minimum absolute atomic E-state index is 0.107. The Morgan fingerprint density at radius 1 is 1.06 bits per heavy atom. The van der Waals surface area contributed by atoms with Crippen molar-refractivity contribution < 1.29 is 9.59 Å². The smallest absolute Gasteiger partial charge is 0.277 e. The number of rotatable bonds is 4. The molecular formula is C25H23N3O2S. The first kappa shape index (κ1) is 19.7. The maximum Gasteiger partial charge on any atom is 0.277 e. The van der Waals surface area contributed by atoms with Crippen molar-refractivity contribution in [3.63, 3.8) is 0 Å². The highest BCUT2D eigenvalue weighted by Crippen LogP contribution is 2.41. The molecule has 1 aromatic heterocycles. The van der Waals surface area contributed by atoms with Crippen LogP contribution in [0.1, 0.15) is 46.1 Å². The Balaban J connectivity index is 1.61. The van der Waals surface area contributed by atoms with Gasteiger partial charge in [0.15, 0.2) is 0 Å². The molecule has 0 unspecified atom stereocenters. The molecule has 0 bridgehead atoms. The Labute approximate surface area is 185 Å². The first-order valence-corrected chi connectivity index (χ1v) is 11.5.